The van der Waals surface area contributed by atoms with Gasteiger partial charge in [0.25, 0.3) is 0 Å². The molecule has 0 saturated carbocycles. The zero-order valence-corrected chi connectivity index (χ0v) is 26.2. The number of fused-ring (bicyclic) bond motifs is 3. The van der Waals surface area contributed by atoms with E-state index in [9.17, 15) is 14.9 Å². The van der Waals surface area contributed by atoms with Gasteiger partial charge in [-0.3, -0.25) is 19.9 Å². The first-order valence-electron chi connectivity index (χ1n) is 15.2. The fraction of sp³-hybridized carbons (Fsp3) is 0.548. The molecule has 1 aliphatic carbocycles. The van der Waals surface area contributed by atoms with Crippen LogP contribution in [0, 0.1) is 16.7 Å². The van der Waals surface area contributed by atoms with Crippen LogP contribution in [0.15, 0.2) is 18.7 Å². The van der Waals surface area contributed by atoms with E-state index in [2.05, 4.69) is 39.8 Å². The Balaban J connectivity index is 1.28. The summed E-state index contributed by atoms with van der Waals surface area (Å²) in [5, 5.41) is 22.0. The molecule has 0 aromatic carbocycles. The van der Waals surface area contributed by atoms with Crippen molar-refractivity contribution in [3.63, 3.8) is 0 Å². The van der Waals surface area contributed by atoms with Crippen LogP contribution in [0.5, 0.6) is 6.01 Å². The highest BCUT2D eigenvalue weighted by Gasteiger charge is 2.46. The Kier molecular flexibility index (Phi) is 7.83. The number of nitrogens with one attached hydrogen (secondary N) is 2. The molecule has 3 aliphatic heterocycles. The molecule has 6 rings (SSSR count). The maximum absolute atomic E-state index is 13.9. The second-order valence-corrected chi connectivity index (χ2v) is 13.7. The van der Waals surface area contributed by atoms with Gasteiger partial charge >= 0.3 is 6.01 Å². The summed E-state index contributed by atoms with van der Waals surface area (Å²) in [4.78, 5) is 42.8. The van der Waals surface area contributed by atoms with Gasteiger partial charge < -0.3 is 25.6 Å². The molecular formula is C31H39N9O3S. The normalized spacial score (nSPS) is 26.6. The Bertz CT molecular complexity index is 1570. The molecule has 0 radical (unpaired) electrons. The lowest BCUT2D eigenvalue weighted by Gasteiger charge is -2.35. The van der Waals surface area contributed by atoms with E-state index >= 15 is 0 Å². The average Bonchev–Trinajstić information content (AvgIpc) is 3.79. The number of carbonyl (C=O) groups excluding carboxylic acids is 2. The molecule has 232 valence electrons. The van der Waals surface area contributed by atoms with Crippen molar-refractivity contribution in [3.8, 4) is 12.1 Å². The summed E-state index contributed by atoms with van der Waals surface area (Å²) in [7, 11) is 2.08. The van der Waals surface area contributed by atoms with Gasteiger partial charge in [0, 0.05) is 35.6 Å². The van der Waals surface area contributed by atoms with Crippen molar-refractivity contribution in [2.45, 2.75) is 82.0 Å². The number of carbonyl (C=O) groups is 2. The number of nitrogens with two attached hydrogens (primary N) is 1. The van der Waals surface area contributed by atoms with Crippen LogP contribution < -0.4 is 20.7 Å². The van der Waals surface area contributed by atoms with E-state index < -0.39 is 5.41 Å². The first kappa shape index (κ1) is 30.0. The van der Waals surface area contributed by atoms with E-state index in [1.807, 2.05) is 18.7 Å². The number of rotatable bonds is 7. The molecule has 3 saturated heterocycles. The maximum atomic E-state index is 13.9. The van der Waals surface area contributed by atoms with E-state index in [0.29, 0.717) is 41.5 Å². The van der Waals surface area contributed by atoms with Crippen molar-refractivity contribution in [2.75, 3.05) is 37.3 Å². The van der Waals surface area contributed by atoms with Gasteiger partial charge in [0.2, 0.25) is 11.8 Å². The smallest absolute Gasteiger partial charge is 0.319 e. The van der Waals surface area contributed by atoms with Crippen molar-refractivity contribution < 1.29 is 14.3 Å². The number of amides is 2. The summed E-state index contributed by atoms with van der Waals surface area (Å²) >= 11 is 1.37. The summed E-state index contributed by atoms with van der Waals surface area (Å²) < 4.78 is 6.31. The molecular weight excluding hydrogens is 578 g/mol. The Morgan fingerprint density at radius 2 is 2.14 bits per heavy atom. The Hall–Kier alpha value is -4.02. The van der Waals surface area contributed by atoms with Gasteiger partial charge in [0.15, 0.2) is 5.84 Å². The van der Waals surface area contributed by atoms with Crippen LogP contribution in [0.2, 0.25) is 0 Å². The van der Waals surface area contributed by atoms with Gasteiger partial charge in [-0.2, -0.15) is 15.2 Å². The van der Waals surface area contributed by atoms with Crippen molar-refractivity contribution in [1.29, 1.82) is 10.7 Å². The number of amidine groups is 1. The second-order valence-electron chi connectivity index (χ2n) is 12.6. The highest BCUT2D eigenvalue weighted by molar-refractivity contribution is 7.16. The predicted molar refractivity (Wildman–Crippen MR) is 168 cm³/mol. The Morgan fingerprint density at radius 3 is 2.80 bits per heavy atom. The van der Waals surface area contributed by atoms with Gasteiger partial charge in [-0.05, 0) is 72.0 Å². The number of anilines is 2. The Labute approximate surface area is 261 Å². The predicted octanol–water partition coefficient (Wildman–Crippen LogP) is 2.56. The number of nitrogen functional groups attached to an aromatic ring is 1. The standard InChI is InChI=1S/C31H39N9O3S/c1-5-25(41)40-16-18-12-19(40)15-39(18)24-13-21(35-30(36-24)43-17(2)22-8-7-11-38(22)4)27(33)37-29(42)31(3)10-6-9-23-26(31)20(14-32)28(34)44-23/h5,13,17-19,22H,1,6-12,15-16,34H2,2-4H3,(H2,33,37,42)/t17-,18?,19?,22-,31-/m0/s1. The average molecular weight is 618 g/mol. The van der Waals surface area contributed by atoms with Crippen molar-refractivity contribution in [1.82, 2.24) is 25.1 Å². The minimum atomic E-state index is -1.01. The maximum Gasteiger partial charge on any atom is 0.319 e. The van der Waals surface area contributed by atoms with Crippen molar-refractivity contribution in [3.05, 3.63) is 40.4 Å². The SMILES string of the molecule is C=CC(=O)N1CC2CC1CN2c1cc(C(=N)NC(=O)[C@@]2(C)CCCc3sc(N)c(C#N)c32)nc(O[C@@H](C)[C@@H]2CCCN2C)n1. The zero-order valence-electron chi connectivity index (χ0n) is 25.4. The van der Waals surface area contributed by atoms with E-state index in [1.165, 1.54) is 17.4 Å². The summed E-state index contributed by atoms with van der Waals surface area (Å²) in [6, 6.07) is 4.38. The minimum absolute atomic E-state index is 0.0475. The topological polar surface area (TPSA) is 165 Å². The number of likely N-dealkylation sites (N-methyl/N-ethyl adjacent to an activating group) is 1. The molecule has 0 spiro atoms. The molecule has 4 N–H and O–H groups in total. The molecule has 3 fully saturated rings. The third-order valence-electron chi connectivity index (χ3n) is 9.84. The van der Waals surface area contributed by atoms with Gasteiger partial charge in [-0.1, -0.05) is 6.58 Å². The lowest BCUT2D eigenvalue weighted by atomic mass is 9.72. The summed E-state index contributed by atoms with van der Waals surface area (Å²) in [6.45, 7) is 9.62. The number of nitriles is 1. The van der Waals surface area contributed by atoms with Crippen LogP contribution in [0.1, 0.15) is 67.6 Å². The summed E-state index contributed by atoms with van der Waals surface area (Å²) in [5.74, 6) is -0.0234. The lowest BCUT2D eigenvalue weighted by Crippen LogP contribution is -2.49. The largest absolute Gasteiger partial charge is 0.459 e. The molecule has 12 nitrogen and oxygen atoms in total. The number of aryl methyl sites for hydroxylation is 1. The highest BCUT2D eigenvalue weighted by atomic mass is 32.1. The number of piperazine rings is 1. The first-order chi connectivity index (χ1) is 21.0. The summed E-state index contributed by atoms with van der Waals surface area (Å²) in [5.41, 5.74) is 6.40. The highest BCUT2D eigenvalue weighted by Crippen LogP contribution is 2.45. The second kappa shape index (κ2) is 11.5. The van der Waals surface area contributed by atoms with Gasteiger partial charge in [-0.25, -0.2) is 0 Å². The fourth-order valence-electron chi connectivity index (χ4n) is 7.49. The molecule has 2 bridgehead atoms. The van der Waals surface area contributed by atoms with Gasteiger partial charge in [0.1, 0.15) is 28.7 Å². The zero-order chi connectivity index (χ0) is 31.3. The monoisotopic (exact) mass is 617 g/mol. The van der Waals surface area contributed by atoms with Crippen LogP contribution in [0.4, 0.5) is 10.8 Å². The third kappa shape index (κ3) is 5.09. The van der Waals surface area contributed by atoms with Crippen LogP contribution in [0.25, 0.3) is 0 Å². The number of aromatic nitrogens is 2. The van der Waals surface area contributed by atoms with E-state index in [-0.39, 0.29) is 53.6 Å². The molecule has 2 unspecified atom stereocenters. The molecule has 5 atom stereocenters. The number of nitrogens with zero attached hydrogens (tertiary/aromatic N) is 6. The van der Waals surface area contributed by atoms with Crippen LogP contribution in [-0.4, -0.2) is 88.3 Å². The van der Waals surface area contributed by atoms with E-state index in [1.54, 1.807) is 6.07 Å². The molecule has 2 aromatic rings. The number of ether oxygens (including phenoxy) is 1. The molecule has 5 heterocycles. The molecule has 2 aromatic heterocycles. The number of hydrogen-bond acceptors (Lipinski definition) is 11. The van der Waals surface area contributed by atoms with E-state index in [4.69, 9.17) is 20.9 Å². The van der Waals surface area contributed by atoms with Crippen molar-refractivity contribution >= 4 is 39.8 Å². The number of thiophene rings is 1. The van der Waals surface area contributed by atoms with Crippen LogP contribution in [0.3, 0.4) is 0 Å². The Morgan fingerprint density at radius 1 is 1.34 bits per heavy atom. The van der Waals surface area contributed by atoms with Gasteiger partial charge in [0.05, 0.1) is 23.1 Å². The number of likely N-dealkylation sites (tertiary alicyclic amines) is 2. The molecule has 44 heavy (non-hydrogen) atoms. The minimum Gasteiger partial charge on any atom is -0.459 e. The summed E-state index contributed by atoms with van der Waals surface area (Å²) in [6.07, 6.45) is 6.18. The lowest BCUT2D eigenvalue weighted by molar-refractivity contribution is -0.127. The molecule has 13 heteroatoms. The first-order valence-corrected chi connectivity index (χ1v) is 16.0. The van der Waals surface area contributed by atoms with Crippen molar-refractivity contribution in [2.24, 2.45) is 0 Å². The number of hydrogen-bond donors (Lipinski definition) is 3. The van der Waals surface area contributed by atoms with Crippen LogP contribution in [-0.2, 0) is 21.4 Å². The van der Waals surface area contributed by atoms with Gasteiger partial charge in [-0.15, -0.1) is 11.3 Å². The van der Waals surface area contributed by atoms with E-state index in [0.717, 1.165) is 43.5 Å². The fourth-order valence-corrected chi connectivity index (χ4v) is 8.68. The molecule has 4 aliphatic rings. The quantitative estimate of drug-likeness (QED) is 0.241. The van der Waals surface area contributed by atoms with Crippen LogP contribution >= 0.6 is 11.3 Å². The molecule has 2 amide bonds. The third-order valence-corrected chi connectivity index (χ3v) is 10.9.